The van der Waals surface area contributed by atoms with E-state index in [1.807, 2.05) is 0 Å². The molecule has 0 fully saturated rings. The van der Waals surface area contributed by atoms with Crippen LogP contribution in [0.15, 0.2) is 47.4 Å². The molecule has 0 spiro atoms. The summed E-state index contributed by atoms with van der Waals surface area (Å²) in [5.74, 6) is -2.37. The van der Waals surface area contributed by atoms with Gasteiger partial charge in [0.2, 0.25) is 15.9 Å². The van der Waals surface area contributed by atoms with Gasteiger partial charge in [-0.1, -0.05) is 26.0 Å². The summed E-state index contributed by atoms with van der Waals surface area (Å²) in [4.78, 5) is 25.8. The van der Waals surface area contributed by atoms with Crippen molar-refractivity contribution in [1.82, 2.24) is 14.5 Å². The highest BCUT2D eigenvalue weighted by Gasteiger charge is 2.27. The van der Waals surface area contributed by atoms with Crippen molar-refractivity contribution >= 4 is 21.8 Å². The average molecular weight is 468 g/mol. The van der Waals surface area contributed by atoms with Crippen LogP contribution >= 0.6 is 0 Å². The van der Waals surface area contributed by atoms with Gasteiger partial charge in [0, 0.05) is 31.7 Å². The zero-order valence-corrected chi connectivity index (χ0v) is 19.1. The van der Waals surface area contributed by atoms with Gasteiger partial charge in [-0.3, -0.25) is 9.59 Å². The molecule has 0 saturated carbocycles. The molecule has 0 atom stereocenters. The number of likely N-dealkylation sites (N-methyl/N-ethyl adjacent to an activating group) is 1. The van der Waals surface area contributed by atoms with E-state index < -0.39 is 32.6 Å². The Balaban J connectivity index is 2.15. The largest absolute Gasteiger partial charge is 0.350 e. The van der Waals surface area contributed by atoms with Crippen LogP contribution in [-0.4, -0.2) is 55.6 Å². The van der Waals surface area contributed by atoms with Crippen molar-refractivity contribution in [2.45, 2.75) is 32.2 Å². The molecule has 174 valence electrons. The number of nitrogens with one attached hydrogen (secondary N) is 1. The van der Waals surface area contributed by atoms with Gasteiger partial charge in [-0.25, -0.2) is 17.2 Å². The van der Waals surface area contributed by atoms with E-state index in [-0.39, 0.29) is 44.1 Å². The summed E-state index contributed by atoms with van der Waals surface area (Å²) in [5.41, 5.74) is 0.657. The van der Waals surface area contributed by atoms with Crippen LogP contribution in [0, 0.1) is 11.6 Å². The van der Waals surface area contributed by atoms with Gasteiger partial charge in [-0.2, -0.15) is 4.31 Å². The fourth-order valence-electron chi connectivity index (χ4n) is 3.08. The first kappa shape index (κ1) is 25.4. The summed E-state index contributed by atoms with van der Waals surface area (Å²) in [7, 11) is -4.10. The summed E-state index contributed by atoms with van der Waals surface area (Å²) in [6.45, 7) is 5.33. The molecular weight excluding hydrogens is 440 g/mol. The zero-order valence-electron chi connectivity index (χ0n) is 18.3. The van der Waals surface area contributed by atoms with Crippen molar-refractivity contribution in [3.05, 3.63) is 65.2 Å². The normalized spacial score (nSPS) is 11.4. The van der Waals surface area contributed by atoms with Crippen molar-refractivity contribution in [2.24, 2.45) is 0 Å². The second-order valence-electron chi connectivity index (χ2n) is 6.96. The Morgan fingerprint density at radius 1 is 0.938 bits per heavy atom. The fraction of sp³-hybridized carbons (Fsp3) is 0.364. The number of carbonyl (C=O) groups excluding carboxylic acids is 2. The third kappa shape index (κ3) is 6.10. The number of nitrogens with zero attached hydrogens (tertiary/aromatic N) is 2. The maximum absolute atomic E-state index is 14.3. The number of amides is 2. The molecule has 0 aliphatic rings. The van der Waals surface area contributed by atoms with Gasteiger partial charge in [-0.05, 0) is 42.8 Å². The first-order valence-electron chi connectivity index (χ1n) is 10.2. The maximum atomic E-state index is 14.3. The van der Waals surface area contributed by atoms with Crippen molar-refractivity contribution < 1.29 is 26.8 Å². The monoisotopic (exact) mass is 467 g/mol. The number of rotatable bonds is 10. The highest BCUT2D eigenvalue weighted by atomic mass is 32.2. The second kappa shape index (κ2) is 11.1. The van der Waals surface area contributed by atoms with Gasteiger partial charge < -0.3 is 10.2 Å². The van der Waals surface area contributed by atoms with Crippen molar-refractivity contribution in [1.29, 1.82) is 0 Å². The predicted molar refractivity (Wildman–Crippen MR) is 116 cm³/mol. The molecule has 7 nitrogen and oxygen atoms in total. The summed E-state index contributed by atoms with van der Waals surface area (Å²) < 4.78 is 53.8. The van der Waals surface area contributed by atoms with E-state index in [0.717, 1.165) is 16.4 Å². The molecule has 32 heavy (non-hydrogen) atoms. The van der Waals surface area contributed by atoms with E-state index in [1.165, 1.54) is 35.2 Å². The van der Waals surface area contributed by atoms with Crippen LogP contribution in [0.2, 0.25) is 0 Å². The number of carbonyl (C=O) groups is 2. The van der Waals surface area contributed by atoms with Gasteiger partial charge in [-0.15, -0.1) is 0 Å². The van der Waals surface area contributed by atoms with Crippen LogP contribution in [0.25, 0.3) is 0 Å². The molecule has 2 aromatic rings. The van der Waals surface area contributed by atoms with Crippen LogP contribution in [-0.2, 0) is 21.4 Å². The van der Waals surface area contributed by atoms with Gasteiger partial charge in [0.05, 0.1) is 6.54 Å². The van der Waals surface area contributed by atoms with E-state index in [0.29, 0.717) is 5.56 Å². The lowest BCUT2D eigenvalue weighted by Crippen LogP contribution is -2.40. The van der Waals surface area contributed by atoms with E-state index in [9.17, 15) is 26.8 Å². The van der Waals surface area contributed by atoms with Crippen LogP contribution < -0.4 is 5.32 Å². The van der Waals surface area contributed by atoms with Gasteiger partial charge in [0.25, 0.3) is 5.91 Å². The highest BCUT2D eigenvalue weighted by Crippen LogP contribution is 2.21. The Kier molecular flexibility index (Phi) is 8.85. The Morgan fingerprint density at radius 3 is 2.12 bits per heavy atom. The minimum Gasteiger partial charge on any atom is -0.350 e. The summed E-state index contributed by atoms with van der Waals surface area (Å²) in [5, 5.41) is 2.65. The van der Waals surface area contributed by atoms with Crippen molar-refractivity contribution in [2.75, 3.05) is 26.2 Å². The molecule has 0 radical (unpaired) electrons. The maximum Gasteiger partial charge on any atom is 0.254 e. The van der Waals surface area contributed by atoms with Gasteiger partial charge in [0.1, 0.15) is 16.5 Å². The standard InChI is InChI=1S/C22H27F2N3O4S/c1-4-26(15-21(28)25-14-16-7-10-18(23)11-8-16)22(29)17-9-12-19(24)20(13-17)32(30,31)27(5-2)6-3/h7-13H,4-6,14-15H2,1-3H3,(H,25,28). The van der Waals surface area contributed by atoms with E-state index in [4.69, 9.17) is 0 Å². The third-order valence-electron chi connectivity index (χ3n) is 4.91. The minimum atomic E-state index is -4.10. The Labute approximate surface area is 187 Å². The lowest BCUT2D eigenvalue weighted by atomic mass is 10.2. The molecule has 0 saturated heterocycles. The highest BCUT2D eigenvalue weighted by molar-refractivity contribution is 7.89. The van der Waals surface area contributed by atoms with Crippen molar-refractivity contribution in [3.63, 3.8) is 0 Å². The number of sulfonamides is 1. The first-order valence-corrected chi connectivity index (χ1v) is 11.7. The lowest BCUT2D eigenvalue weighted by Gasteiger charge is -2.22. The average Bonchev–Trinajstić information content (AvgIpc) is 2.77. The molecule has 0 unspecified atom stereocenters. The second-order valence-corrected chi connectivity index (χ2v) is 8.86. The first-order chi connectivity index (χ1) is 15.1. The number of hydrogen-bond acceptors (Lipinski definition) is 4. The molecule has 0 heterocycles. The van der Waals surface area contributed by atoms with Gasteiger partial charge in [0.15, 0.2) is 0 Å². The SMILES string of the molecule is CCN(CC(=O)NCc1ccc(F)cc1)C(=O)c1ccc(F)c(S(=O)(=O)N(CC)CC)c1. The summed E-state index contributed by atoms with van der Waals surface area (Å²) in [6.07, 6.45) is 0. The molecule has 0 bridgehead atoms. The Hall–Kier alpha value is -2.85. The van der Waals surface area contributed by atoms with Crippen molar-refractivity contribution in [3.8, 4) is 0 Å². The molecule has 0 aliphatic carbocycles. The molecular formula is C22H27F2N3O4S. The van der Waals surface area contributed by atoms with E-state index >= 15 is 0 Å². The van der Waals surface area contributed by atoms with E-state index in [1.54, 1.807) is 20.8 Å². The molecule has 2 rings (SSSR count). The van der Waals surface area contributed by atoms with Gasteiger partial charge >= 0.3 is 0 Å². The molecule has 1 N–H and O–H groups in total. The Morgan fingerprint density at radius 2 is 1.56 bits per heavy atom. The molecule has 0 aliphatic heterocycles. The quantitative estimate of drug-likeness (QED) is 0.582. The number of hydrogen-bond donors (Lipinski definition) is 1. The smallest absolute Gasteiger partial charge is 0.254 e. The predicted octanol–water partition coefficient (Wildman–Crippen LogP) is 2.77. The minimum absolute atomic E-state index is 0.0367. The number of benzene rings is 2. The van der Waals surface area contributed by atoms with Crippen LogP contribution in [0.3, 0.4) is 0 Å². The van der Waals surface area contributed by atoms with Crippen LogP contribution in [0.4, 0.5) is 8.78 Å². The topological polar surface area (TPSA) is 86.8 Å². The lowest BCUT2D eigenvalue weighted by molar-refractivity contribution is -0.121. The molecule has 0 aromatic heterocycles. The fourth-order valence-corrected chi connectivity index (χ4v) is 4.63. The summed E-state index contributed by atoms with van der Waals surface area (Å²) >= 11 is 0. The number of halogens is 2. The van der Waals surface area contributed by atoms with Crippen LogP contribution in [0.5, 0.6) is 0 Å². The third-order valence-corrected chi connectivity index (χ3v) is 6.97. The summed E-state index contributed by atoms with van der Waals surface area (Å²) in [6, 6.07) is 8.77. The zero-order chi connectivity index (χ0) is 23.9. The van der Waals surface area contributed by atoms with Crippen LogP contribution in [0.1, 0.15) is 36.7 Å². The van der Waals surface area contributed by atoms with E-state index in [2.05, 4.69) is 5.32 Å². The molecule has 10 heteroatoms. The Bertz CT molecular complexity index is 1060. The molecule has 2 aromatic carbocycles. The molecule has 2 amide bonds.